The van der Waals surface area contributed by atoms with E-state index in [1.807, 2.05) is 10.9 Å². The van der Waals surface area contributed by atoms with Crippen LogP contribution in [0.25, 0.3) is 10.9 Å². The number of rotatable bonds is 6. The van der Waals surface area contributed by atoms with E-state index in [-0.39, 0.29) is 17.7 Å². The van der Waals surface area contributed by atoms with Crippen LogP contribution in [0, 0.1) is 5.92 Å². The maximum atomic E-state index is 12.9. The van der Waals surface area contributed by atoms with E-state index in [1.165, 1.54) is 25.3 Å². The highest BCUT2D eigenvalue weighted by atomic mass is 19.3. The van der Waals surface area contributed by atoms with Crippen molar-refractivity contribution >= 4 is 28.8 Å². The molecule has 0 unspecified atom stereocenters. The third kappa shape index (κ3) is 4.40. The van der Waals surface area contributed by atoms with Gasteiger partial charge in [0.25, 0.3) is 12.3 Å². The largest absolute Gasteiger partial charge is 0.494 e. The molecule has 0 aliphatic heterocycles. The summed E-state index contributed by atoms with van der Waals surface area (Å²) in [5.74, 6) is -0.0826. The lowest BCUT2D eigenvalue weighted by molar-refractivity contribution is -0.112. The molecule has 3 aromatic rings. The summed E-state index contributed by atoms with van der Waals surface area (Å²) in [4.78, 5) is 27.3. The number of aromatic nitrogens is 3. The van der Waals surface area contributed by atoms with E-state index in [4.69, 9.17) is 4.74 Å². The van der Waals surface area contributed by atoms with Crippen LogP contribution in [0.2, 0.25) is 0 Å². The molecular formula is C22H22F2N4O3. The van der Waals surface area contributed by atoms with Crippen LogP contribution in [0.4, 0.5) is 14.5 Å². The van der Waals surface area contributed by atoms with Crippen molar-refractivity contribution in [3.8, 4) is 5.75 Å². The number of fused-ring (bicyclic) bond motifs is 1. The van der Waals surface area contributed by atoms with Crippen LogP contribution in [0.15, 0.2) is 36.5 Å². The summed E-state index contributed by atoms with van der Waals surface area (Å²) >= 11 is 0. The van der Waals surface area contributed by atoms with E-state index in [2.05, 4.69) is 15.4 Å². The van der Waals surface area contributed by atoms with Crippen molar-refractivity contribution in [2.45, 2.75) is 38.2 Å². The van der Waals surface area contributed by atoms with Gasteiger partial charge in [-0.05, 0) is 43.9 Å². The standard InChI is InChI=1S/C22H22F2N4O3/c1-31-20-10-18-14(11-28(27-18)15-7-5-13(12-29)6-8-15)9-19(20)26-22(30)17-4-2-3-16(25-17)21(23)24/h2-4,9-13,15,21H,5-8H2,1H3,(H,26,30). The van der Waals surface area contributed by atoms with Crippen molar-refractivity contribution in [3.63, 3.8) is 0 Å². The van der Waals surface area contributed by atoms with Gasteiger partial charge in [0.2, 0.25) is 0 Å². The summed E-state index contributed by atoms with van der Waals surface area (Å²) in [7, 11) is 1.48. The first kappa shape index (κ1) is 20.9. The Kier molecular flexibility index (Phi) is 5.92. The van der Waals surface area contributed by atoms with Crippen LogP contribution < -0.4 is 10.1 Å². The molecule has 7 nitrogen and oxygen atoms in total. The zero-order valence-electron chi connectivity index (χ0n) is 16.9. The minimum atomic E-state index is -2.76. The lowest BCUT2D eigenvalue weighted by Crippen LogP contribution is -2.19. The maximum Gasteiger partial charge on any atom is 0.280 e. The van der Waals surface area contributed by atoms with Gasteiger partial charge >= 0.3 is 0 Å². The number of carbonyl (C=O) groups excluding carboxylic acids is 2. The number of carbonyl (C=O) groups is 2. The zero-order chi connectivity index (χ0) is 22.0. The maximum absolute atomic E-state index is 12.9. The predicted molar refractivity (Wildman–Crippen MR) is 110 cm³/mol. The van der Waals surface area contributed by atoms with Gasteiger partial charge in [0.05, 0.1) is 24.4 Å². The van der Waals surface area contributed by atoms with Crippen LogP contribution in [0.1, 0.15) is 54.3 Å². The predicted octanol–water partition coefficient (Wildman–Crippen LogP) is 4.56. The molecule has 4 rings (SSSR count). The normalized spacial score (nSPS) is 18.8. The van der Waals surface area contributed by atoms with Gasteiger partial charge in [-0.25, -0.2) is 13.8 Å². The van der Waals surface area contributed by atoms with Gasteiger partial charge in [-0.3, -0.25) is 9.48 Å². The monoisotopic (exact) mass is 428 g/mol. The summed E-state index contributed by atoms with van der Waals surface area (Å²) in [6.07, 6.45) is 3.63. The van der Waals surface area contributed by atoms with E-state index in [0.29, 0.717) is 17.0 Å². The topological polar surface area (TPSA) is 86.1 Å². The Balaban J connectivity index is 1.58. The fourth-order valence-corrected chi connectivity index (χ4v) is 3.91. The average molecular weight is 428 g/mol. The van der Waals surface area contributed by atoms with Gasteiger partial charge in [0.1, 0.15) is 23.4 Å². The third-order valence-electron chi connectivity index (χ3n) is 5.63. The number of halogens is 2. The molecule has 0 bridgehead atoms. The molecule has 9 heteroatoms. The molecule has 1 N–H and O–H groups in total. The second-order valence-corrected chi connectivity index (χ2v) is 7.63. The first-order chi connectivity index (χ1) is 15.0. The number of anilines is 1. The number of nitrogens with one attached hydrogen (secondary N) is 1. The minimum Gasteiger partial charge on any atom is -0.494 e. The highest BCUT2D eigenvalue weighted by Gasteiger charge is 2.23. The van der Waals surface area contributed by atoms with E-state index >= 15 is 0 Å². The number of alkyl halides is 2. The molecule has 1 aliphatic carbocycles. The van der Waals surface area contributed by atoms with Gasteiger partial charge in [0, 0.05) is 23.6 Å². The summed E-state index contributed by atoms with van der Waals surface area (Å²) < 4.78 is 33.1. The number of hydrogen-bond acceptors (Lipinski definition) is 5. The highest BCUT2D eigenvalue weighted by Crippen LogP contribution is 2.34. The van der Waals surface area contributed by atoms with Crippen molar-refractivity contribution in [2.75, 3.05) is 12.4 Å². The SMILES string of the molecule is COc1cc2nn(C3CCC(C=O)CC3)cc2cc1NC(=O)c1cccc(C(F)F)n1. The molecule has 162 valence electrons. The van der Waals surface area contributed by atoms with Crippen LogP contribution in [0.5, 0.6) is 5.75 Å². The van der Waals surface area contributed by atoms with Crippen LogP contribution in [-0.2, 0) is 4.79 Å². The molecule has 2 aromatic heterocycles. The smallest absolute Gasteiger partial charge is 0.280 e. The van der Waals surface area contributed by atoms with E-state index < -0.39 is 18.0 Å². The fraction of sp³-hybridized carbons (Fsp3) is 0.364. The molecule has 31 heavy (non-hydrogen) atoms. The van der Waals surface area contributed by atoms with Gasteiger partial charge in [-0.15, -0.1) is 0 Å². The summed E-state index contributed by atoms with van der Waals surface area (Å²) in [6, 6.07) is 7.59. The number of pyridine rings is 1. The number of hydrogen-bond donors (Lipinski definition) is 1. The number of amides is 1. The number of aldehydes is 1. The Morgan fingerprint density at radius 2 is 2.03 bits per heavy atom. The Morgan fingerprint density at radius 3 is 2.71 bits per heavy atom. The minimum absolute atomic E-state index is 0.109. The number of ether oxygens (including phenoxy) is 1. The Hall–Kier alpha value is -3.36. The summed E-state index contributed by atoms with van der Waals surface area (Å²) in [6.45, 7) is 0. The van der Waals surface area contributed by atoms with Crippen LogP contribution in [-0.4, -0.2) is 34.1 Å². The van der Waals surface area contributed by atoms with Crippen molar-refractivity contribution in [3.05, 3.63) is 47.9 Å². The number of methoxy groups -OCH3 is 1. The molecule has 1 aromatic carbocycles. The molecule has 2 heterocycles. The van der Waals surface area contributed by atoms with Crippen LogP contribution in [0.3, 0.4) is 0 Å². The van der Waals surface area contributed by atoms with Crippen molar-refractivity contribution in [1.29, 1.82) is 0 Å². The molecule has 1 amide bonds. The second-order valence-electron chi connectivity index (χ2n) is 7.63. The molecule has 0 atom stereocenters. The third-order valence-corrected chi connectivity index (χ3v) is 5.63. The van der Waals surface area contributed by atoms with Gasteiger partial charge in [-0.2, -0.15) is 5.10 Å². The molecule has 0 saturated heterocycles. The average Bonchev–Trinajstić information content (AvgIpc) is 3.21. The quantitative estimate of drug-likeness (QED) is 0.582. The number of nitrogens with zero attached hydrogens (tertiary/aromatic N) is 3. The Morgan fingerprint density at radius 1 is 1.26 bits per heavy atom. The fourth-order valence-electron chi connectivity index (χ4n) is 3.91. The first-order valence-electron chi connectivity index (χ1n) is 10.1. The molecular weight excluding hydrogens is 406 g/mol. The summed E-state index contributed by atoms with van der Waals surface area (Å²) in [5, 5.41) is 8.14. The van der Waals surface area contributed by atoms with Gasteiger partial charge < -0.3 is 14.8 Å². The molecule has 1 fully saturated rings. The lowest BCUT2D eigenvalue weighted by atomic mass is 9.87. The molecule has 0 radical (unpaired) electrons. The highest BCUT2D eigenvalue weighted by molar-refractivity contribution is 6.05. The molecule has 1 aliphatic rings. The van der Waals surface area contributed by atoms with E-state index in [9.17, 15) is 18.4 Å². The molecule has 1 saturated carbocycles. The van der Waals surface area contributed by atoms with E-state index in [0.717, 1.165) is 37.4 Å². The van der Waals surface area contributed by atoms with Gasteiger partial charge in [0.15, 0.2) is 0 Å². The Labute approximate surface area is 177 Å². The van der Waals surface area contributed by atoms with Crippen molar-refractivity contribution in [2.24, 2.45) is 5.92 Å². The van der Waals surface area contributed by atoms with Crippen molar-refractivity contribution in [1.82, 2.24) is 14.8 Å². The van der Waals surface area contributed by atoms with E-state index in [1.54, 1.807) is 12.1 Å². The summed E-state index contributed by atoms with van der Waals surface area (Å²) in [5.41, 5.74) is 0.543. The molecule has 0 spiro atoms. The first-order valence-corrected chi connectivity index (χ1v) is 10.1. The van der Waals surface area contributed by atoms with Crippen molar-refractivity contribution < 1.29 is 23.1 Å². The Bertz CT molecular complexity index is 1110. The van der Waals surface area contributed by atoms with Crippen LogP contribution >= 0.6 is 0 Å². The van der Waals surface area contributed by atoms with Gasteiger partial charge in [-0.1, -0.05) is 6.07 Å². The second kappa shape index (κ2) is 8.79. The number of benzene rings is 1. The zero-order valence-corrected chi connectivity index (χ0v) is 16.9. The lowest BCUT2D eigenvalue weighted by Gasteiger charge is -2.25.